The number of hydrogen-bond donors (Lipinski definition) is 2. The van der Waals surface area contributed by atoms with Gasteiger partial charge in [-0.05, 0) is 48.9 Å². The number of oxime groups is 1. The van der Waals surface area contributed by atoms with Gasteiger partial charge in [0.15, 0.2) is 15.7 Å². The number of nitrogens with one attached hydrogen (secondary N) is 1. The molecule has 0 fully saturated rings. The maximum absolute atomic E-state index is 12.6. The quantitative estimate of drug-likeness (QED) is 0.154. The molecule has 37 heavy (non-hydrogen) atoms. The average Bonchev–Trinajstić information content (AvgIpc) is 3.20. The van der Waals surface area contributed by atoms with E-state index in [2.05, 4.69) is 21.6 Å². The molecule has 188 valence electrons. The molecule has 2 aromatic heterocycles. The van der Waals surface area contributed by atoms with Crippen LogP contribution in [0.4, 0.5) is 11.4 Å². The summed E-state index contributed by atoms with van der Waals surface area (Å²) in [5.74, 6) is -0.420. The Hall–Kier alpha value is -4.89. The standard InChI is InChI=1S/C25H22N6O5S/c1-16-21(25(32)36-30-22(27)15-37(2,33)34)14-31-24(16)23(17(12-26)13-28-31)29-18-8-10-20(11-9-18)35-19-6-4-3-5-7-19/h3-11,13-14,29H,15H2,1-2H3,(H2,27,30). The van der Waals surface area contributed by atoms with Crippen LogP contribution in [0.15, 0.2) is 72.1 Å². The summed E-state index contributed by atoms with van der Waals surface area (Å²) in [6.07, 6.45) is 3.79. The lowest BCUT2D eigenvalue weighted by Crippen LogP contribution is -2.23. The first kappa shape index (κ1) is 25.2. The number of para-hydroxylation sites is 1. The molecule has 4 aromatic rings. The van der Waals surface area contributed by atoms with Gasteiger partial charge in [-0.1, -0.05) is 23.4 Å². The number of fused-ring (bicyclic) bond motifs is 1. The number of benzene rings is 2. The van der Waals surface area contributed by atoms with E-state index in [0.29, 0.717) is 34.0 Å². The van der Waals surface area contributed by atoms with Crippen molar-refractivity contribution < 1.29 is 22.8 Å². The third kappa shape index (κ3) is 6.03. The molecule has 2 heterocycles. The maximum atomic E-state index is 12.6. The van der Waals surface area contributed by atoms with E-state index in [-0.39, 0.29) is 17.0 Å². The number of carbonyl (C=O) groups is 1. The zero-order valence-electron chi connectivity index (χ0n) is 19.9. The van der Waals surface area contributed by atoms with Crippen LogP contribution in [0.3, 0.4) is 0 Å². The van der Waals surface area contributed by atoms with Gasteiger partial charge < -0.3 is 20.6 Å². The Kier molecular flexibility index (Phi) is 7.08. The number of carbonyl (C=O) groups excluding carboxylic acids is 1. The number of ether oxygens (including phenoxy) is 1. The summed E-state index contributed by atoms with van der Waals surface area (Å²) < 4.78 is 29.9. The molecule has 0 amide bonds. The lowest BCUT2D eigenvalue weighted by Gasteiger charge is -2.12. The molecule has 0 atom stereocenters. The highest BCUT2D eigenvalue weighted by atomic mass is 32.2. The predicted octanol–water partition coefficient (Wildman–Crippen LogP) is 3.52. The number of nitrogens with zero attached hydrogens (tertiary/aromatic N) is 4. The number of nitriles is 1. The molecule has 0 unspecified atom stereocenters. The van der Waals surface area contributed by atoms with Gasteiger partial charge in [0.05, 0.1) is 28.5 Å². The van der Waals surface area contributed by atoms with Crippen LogP contribution in [0.5, 0.6) is 11.5 Å². The first-order valence-electron chi connectivity index (χ1n) is 10.9. The highest BCUT2D eigenvalue weighted by molar-refractivity contribution is 7.91. The highest BCUT2D eigenvalue weighted by Crippen LogP contribution is 2.31. The molecule has 11 nitrogen and oxygen atoms in total. The van der Waals surface area contributed by atoms with Gasteiger partial charge in [0.1, 0.15) is 23.3 Å². The van der Waals surface area contributed by atoms with E-state index in [0.717, 1.165) is 6.26 Å². The number of aryl methyl sites for hydroxylation is 1. The van der Waals surface area contributed by atoms with Gasteiger partial charge in [0, 0.05) is 18.1 Å². The number of amidine groups is 1. The average molecular weight is 519 g/mol. The van der Waals surface area contributed by atoms with Gasteiger partial charge >= 0.3 is 5.97 Å². The van der Waals surface area contributed by atoms with Crippen LogP contribution in [0.1, 0.15) is 21.5 Å². The van der Waals surface area contributed by atoms with Crippen LogP contribution < -0.4 is 15.8 Å². The molecule has 0 bridgehead atoms. The summed E-state index contributed by atoms with van der Waals surface area (Å²) in [7, 11) is -3.43. The molecule has 0 saturated heterocycles. The topological polar surface area (TPSA) is 161 Å². The van der Waals surface area contributed by atoms with Gasteiger partial charge in [0.25, 0.3) is 0 Å². The van der Waals surface area contributed by atoms with E-state index in [1.165, 1.54) is 16.9 Å². The first-order valence-corrected chi connectivity index (χ1v) is 12.9. The van der Waals surface area contributed by atoms with Crippen LogP contribution in [-0.2, 0) is 14.7 Å². The summed E-state index contributed by atoms with van der Waals surface area (Å²) >= 11 is 0. The van der Waals surface area contributed by atoms with Crippen molar-refractivity contribution >= 4 is 38.5 Å². The molecule has 3 N–H and O–H groups in total. The smallest absolute Gasteiger partial charge is 0.367 e. The second-order valence-electron chi connectivity index (χ2n) is 8.10. The Morgan fingerprint density at radius 3 is 2.49 bits per heavy atom. The lowest BCUT2D eigenvalue weighted by molar-refractivity contribution is 0.0514. The summed E-state index contributed by atoms with van der Waals surface area (Å²) in [6, 6.07) is 18.6. The van der Waals surface area contributed by atoms with E-state index in [4.69, 9.17) is 15.3 Å². The van der Waals surface area contributed by atoms with Crippen molar-refractivity contribution in [3.05, 3.63) is 83.7 Å². The van der Waals surface area contributed by atoms with Gasteiger partial charge in [-0.2, -0.15) is 10.4 Å². The van der Waals surface area contributed by atoms with Crippen molar-refractivity contribution in [1.82, 2.24) is 9.61 Å². The Morgan fingerprint density at radius 2 is 1.84 bits per heavy atom. The molecule has 0 aliphatic carbocycles. The molecule has 0 saturated carbocycles. The van der Waals surface area contributed by atoms with Crippen molar-refractivity contribution in [2.45, 2.75) is 6.92 Å². The molecule has 0 spiro atoms. The molecular weight excluding hydrogens is 496 g/mol. The minimum absolute atomic E-state index is 0.119. The normalized spacial score (nSPS) is 11.6. The second kappa shape index (κ2) is 10.4. The van der Waals surface area contributed by atoms with Crippen molar-refractivity contribution in [3.8, 4) is 17.6 Å². The summed E-state index contributed by atoms with van der Waals surface area (Å²) in [5, 5.41) is 20.5. The number of rotatable bonds is 8. The Balaban J connectivity index is 1.61. The van der Waals surface area contributed by atoms with Crippen molar-refractivity contribution in [2.24, 2.45) is 10.9 Å². The van der Waals surface area contributed by atoms with Crippen LogP contribution in [0, 0.1) is 18.3 Å². The highest BCUT2D eigenvalue weighted by Gasteiger charge is 2.21. The van der Waals surface area contributed by atoms with E-state index in [9.17, 15) is 18.5 Å². The van der Waals surface area contributed by atoms with Gasteiger partial charge in [-0.25, -0.2) is 17.7 Å². The van der Waals surface area contributed by atoms with E-state index < -0.39 is 21.6 Å². The van der Waals surface area contributed by atoms with Crippen molar-refractivity contribution in [2.75, 3.05) is 17.3 Å². The minimum Gasteiger partial charge on any atom is -0.457 e. The number of aromatic nitrogens is 2. The predicted molar refractivity (Wildman–Crippen MR) is 138 cm³/mol. The van der Waals surface area contributed by atoms with E-state index in [1.54, 1.807) is 31.2 Å². The third-order valence-electron chi connectivity index (χ3n) is 5.16. The third-order valence-corrected chi connectivity index (χ3v) is 5.98. The molecular formula is C25H22N6O5S. The van der Waals surface area contributed by atoms with Gasteiger partial charge in [-0.15, -0.1) is 0 Å². The van der Waals surface area contributed by atoms with Gasteiger partial charge in [0.2, 0.25) is 0 Å². The SMILES string of the molecule is Cc1c(C(=O)ON=C(N)CS(C)(=O)=O)cn2ncc(C#N)c(Nc3ccc(Oc4ccccc4)cc3)c12. The van der Waals surface area contributed by atoms with Crippen molar-refractivity contribution in [3.63, 3.8) is 0 Å². The lowest BCUT2D eigenvalue weighted by atomic mass is 10.1. The van der Waals surface area contributed by atoms with Crippen LogP contribution in [0.25, 0.3) is 5.52 Å². The molecule has 0 radical (unpaired) electrons. The summed E-state index contributed by atoms with van der Waals surface area (Å²) in [6.45, 7) is 1.67. The first-order chi connectivity index (χ1) is 17.6. The Bertz CT molecular complexity index is 1640. The van der Waals surface area contributed by atoms with E-state index in [1.807, 2.05) is 30.3 Å². The van der Waals surface area contributed by atoms with E-state index >= 15 is 0 Å². The van der Waals surface area contributed by atoms with Crippen LogP contribution in [0.2, 0.25) is 0 Å². The largest absolute Gasteiger partial charge is 0.457 e. The zero-order chi connectivity index (χ0) is 26.6. The fraction of sp³-hybridized carbons (Fsp3) is 0.120. The minimum atomic E-state index is -3.43. The van der Waals surface area contributed by atoms with Gasteiger partial charge in [-0.3, -0.25) is 0 Å². The molecule has 0 aliphatic heterocycles. The maximum Gasteiger partial charge on any atom is 0.367 e. The van der Waals surface area contributed by atoms with Crippen LogP contribution >= 0.6 is 0 Å². The number of hydrogen-bond acceptors (Lipinski definition) is 9. The Morgan fingerprint density at radius 1 is 1.16 bits per heavy atom. The number of sulfone groups is 1. The second-order valence-corrected chi connectivity index (χ2v) is 10.2. The number of anilines is 2. The fourth-order valence-electron chi connectivity index (χ4n) is 3.52. The monoisotopic (exact) mass is 518 g/mol. The fourth-order valence-corrected chi connectivity index (χ4v) is 4.11. The number of nitrogens with two attached hydrogens (primary N) is 1. The Labute approximate surface area is 212 Å². The van der Waals surface area contributed by atoms with Crippen LogP contribution in [-0.4, -0.2) is 41.8 Å². The molecule has 0 aliphatic rings. The molecule has 12 heteroatoms. The summed E-state index contributed by atoms with van der Waals surface area (Å²) in [5.41, 5.74) is 7.95. The molecule has 2 aromatic carbocycles. The molecule has 4 rings (SSSR count). The summed E-state index contributed by atoms with van der Waals surface area (Å²) in [4.78, 5) is 17.5. The zero-order valence-corrected chi connectivity index (χ0v) is 20.7. The van der Waals surface area contributed by atoms with Crippen molar-refractivity contribution in [1.29, 1.82) is 5.26 Å².